The maximum absolute atomic E-state index is 12.1. The molecule has 0 saturated heterocycles. The van der Waals surface area contributed by atoms with E-state index in [1.54, 1.807) is 6.92 Å². The predicted molar refractivity (Wildman–Crippen MR) is 63.0 cm³/mol. The number of hydrogen-bond donors (Lipinski definition) is 0. The van der Waals surface area contributed by atoms with Crippen LogP contribution in [0, 0.1) is 0 Å². The SMILES string of the molecule is CCCC(C(=O)OCC)c1nc(CCC(F)(F)F)no1. The molecule has 114 valence electrons. The minimum absolute atomic E-state index is 0.0162. The number of rotatable bonds is 7. The van der Waals surface area contributed by atoms with E-state index in [1.165, 1.54) is 0 Å². The van der Waals surface area contributed by atoms with Gasteiger partial charge in [0.1, 0.15) is 5.92 Å². The van der Waals surface area contributed by atoms with Crippen LogP contribution in [0.3, 0.4) is 0 Å². The molecular weight excluding hydrogens is 277 g/mol. The van der Waals surface area contributed by atoms with Crippen molar-refractivity contribution in [2.75, 3.05) is 6.61 Å². The zero-order valence-electron chi connectivity index (χ0n) is 11.4. The van der Waals surface area contributed by atoms with Gasteiger partial charge in [0, 0.05) is 6.42 Å². The highest BCUT2D eigenvalue weighted by molar-refractivity contribution is 5.76. The van der Waals surface area contributed by atoms with Crippen molar-refractivity contribution in [3.8, 4) is 0 Å². The second kappa shape index (κ2) is 7.25. The van der Waals surface area contributed by atoms with E-state index in [4.69, 9.17) is 9.26 Å². The van der Waals surface area contributed by atoms with Gasteiger partial charge in [-0.3, -0.25) is 4.79 Å². The van der Waals surface area contributed by atoms with Crippen molar-refractivity contribution in [2.24, 2.45) is 0 Å². The van der Waals surface area contributed by atoms with Gasteiger partial charge in [-0.05, 0) is 13.3 Å². The van der Waals surface area contributed by atoms with Crippen LogP contribution in [0.4, 0.5) is 13.2 Å². The fourth-order valence-electron chi connectivity index (χ4n) is 1.64. The van der Waals surface area contributed by atoms with Gasteiger partial charge in [0.25, 0.3) is 0 Å². The molecular formula is C12H17F3N2O3. The van der Waals surface area contributed by atoms with Crippen LogP contribution in [0.2, 0.25) is 0 Å². The average molecular weight is 294 g/mol. The molecule has 0 radical (unpaired) electrons. The van der Waals surface area contributed by atoms with Gasteiger partial charge >= 0.3 is 12.1 Å². The Morgan fingerprint density at radius 3 is 2.65 bits per heavy atom. The molecule has 20 heavy (non-hydrogen) atoms. The first-order valence-corrected chi connectivity index (χ1v) is 6.43. The number of carbonyl (C=O) groups is 1. The number of esters is 1. The number of carbonyl (C=O) groups excluding carboxylic acids is 1. The Morgan fingerprint density at radius 1 is 1.40 bits per heavy atom. The number of alkyl halides is 3. The molecule has 5 nitrogen and oxygen atoms in total. The third kappa shape index (κ3) is 5.18. The Kier molecular flexibility index (Phi) is 5.97. The molecule has 0 aromatic carbocycles. The zero-order valence-corrected chi connectivity index (χ0v) is 11.4. The van der Waals surface area contributed by atoms with E-state index in [0.29, 0.717) is 12.8 Å². The van der Waals surface area contributed by atoms with Crippen molar-refractivity contribution in [3.05, 3.63) is 11.7 Å². The molecule has 1 unspecified atom stereocenters. The van der Waals surface area contributed by atoms with Crippen LogP contribution in [0.5, 0.6) is 0 Å². The van der Waals surface area contributed by atoms with Crippen molar-refractivity contribution in [1.29, 1.82) is 0 Å². The van der Waals surface area contributed by atoms with E-state index >= 15 is 0 Å². The quantitative estimate of drug-likeness (QED) is 0.723. The molecule has 0 aliphatic carbocycles. The number of ether oxygens (including phenoxy) is 1. The molecule has 0 N–H and O–H groups in total. The van der Waals surface area contributed by atoms with Crippen LogP contribution in [0.15, 0.2) is 4.52 Å². The molecule has 1 aromatic heterocycles. The summed E-state index contributed by atoms with van der Waals surface area (Å²) in [4.78, 5) is 15.6. The molecule has 1 rings (SSSR count). The number of aromatic nitrogens is 2. The lowest BCUT2D eigenvalue weighted by Crippen LogP contribution is -2.16. The third-order valence-electron chi connectivity index (χ3n) is 2.56. The molecule has 0 saturated carbocycles. The van der Waals surface area contributed by atoms with Crippen molar-refractivity contribution >= 4 is 5.97 Å². The topological polar surface area (TPSA) is 65.2 Å². The molecule has 8 heteroatoms. The second-order valence-electron chi connectivity index (χ2n) is 4.26. The molecule has 0 aliphatic rings. The summed E-state index contributed by atoms with van der Waals surface area (Å²) in [6.45, 7) is 3.75. The molecule has 0 aliphatic heterocycles. The fourth-order valence-corrected chi connectivity index (χ4v) is 1.64. The standard InChI is InChI=1S/C12H17F3N2O3/c1-3-5-8(11(18)19-4-2)10-16-9(17-20-10)6-7-12(13,14)15/h8H,3-7H2,1-2H3. The molecule has 0 fully saturated rings. The Bertz CT molecular complexity index is 432. The predicted octanol–water partition coefficient (Wildman–Crippen LogP) is 3.01. The summed E-state index contributed by atoms with van der Waals surface area (Å²) < 4.78 is 46.1. The third-order valence-corrected chi connectivity index (χ3v) is 2.56. The molecule has 0 spiro atoms. The number of hydrogen-bond acceptors (Lipinski definition) is 5. The minimum atomic E-state index is -4.27. The Labute approximate surface area is 114 Å². The number of nitrogens with zero attached hydrogens (tertiary/aromatic N) is 2. The lowest BCUT2D eigenvalue weighted by atomic mass is 10.0. The summed E-state index contributed by atoms with van der Waals surface area (Å²) in [6.07, 6.45) is -4.53. The van der Waals surface area contributed by atoms with E-state index in [0.717, 1.165) is 0 Å². The summed E-state index contributed by atoms with van der Waals surface area (Å²) in [5.74, 6) is -1.25. The molecule has 0 bridgehead atoms. The smallest absolute Gasteiger partial charge is 0.389 e. The number of aryl methyl sites for hydroxylation is 1. The second-order valence-corrected chi connectivity index (χ2v) is 4.26. The number of halogens is 3. The Morgan fingerprint density at radius 2 is 2.10 bits per heavy atom. The monoisotopic (exact) mass is 294 g/mol. The van der Waals surface area contributed by atoms with E-state index in [-0.39, 0.29) is 24.7 Å². The van der Waals surface area contributed by atoms with Crippen LogP contribution in [-0.4, -0.2) is 28.9 Å². The first kappa shape index (κ1) is 16.5. The molecule has 1 heterocycles. The maximum atomic E-state index is 12.1. The maximum Gasteiger partial charge on any atom is 0.389 e. The van der Waals surface area contributed by atoms with Gasteiger partial charge in [-0.1, -0.05) is 18.5 Å². The van der Waals surface area contributed by atoms with E-state index in [9.17, 15) is 18.0 Å². The van der Waals surface area contributed by atoms with E-state index in [1.807, 2.05) is 6.92 Å². The summed E-state index contributed by atoms with van der Waals surface area (Å²) in [6, 6.07) is 0. The van der Waals surface area contributed by atoms with E-state index < -0.39 is 24.5 Å². The summed E-state index contributed by atoms with van der Waals surface area (Å²) in [5, 5.41) is 3.47. The zero-order chi connectivity index (χ0) is 15.2. The first-order chi connectivity index (χ1) is 9.37. The van der Waals surface area contributed by atoms with Crippen LogP contribution in [0.1, 0.15) is 50.7 Å². The van der Waals surface area contributed by atoms with Gasteiger partial charge in [-0.25, -0.2) is 0 Å². The average Bonchev–Trinajstić information content (AvgIpc) is 2.81. The van der Waals surface area contributed by atoms with Gasteiger partial charge in [0.2, 0.25) is 5.89 Å². The fraction of sp³-hybridized carbons (Fsp3) is 0.750. The first-order valence-electron chi connectivity index (χ1n) is 6.43. The summed E-state index contributed by atoms with van der Waals surface area (Å²) in [5.41, 5.74) is 0. The molecule has 1 atom stereocenters. The van der Waals surface area contributed by atoms with Gasteiger partial charge in [-0.2, -0.15) is 18.2 Å². The normalized spacial score (nSPS) is 13.2. The lowest BCUT2D eigenvalue weighted by molar-refractivity contribution is -0.145. The van der Waals surface area contributed by atoms with Gasteiger partial charge in [0.15, 0.2) is 5.82 Å². The van der Waals surface area contributed by atoms with Crippen molar-refractivity contribution in [1.82, 2.24) is 10.1 Å². The highest BCUT2D eigenvalue weighted by Gasteiger charge is 2.30. The van der Waals surface area contributed by atoms with Crippen molar-refractivity contribution in [2.45, 2.75) is 51.6 Å². The summed E-state index contributed by atoms with van der Waals surface area (Å²) >= 11 is 0. The summed E-state index contributed by atoms with van der Waals surface area (Å²) in [7, 11) is 0. The largest absolute Gasteiger partial charge is 0.465 e. The molecule has 1 aromatic rings. The van der Waals surface area contributed by atoms with Gasteiger partial charge in [-0.15, -0.1) is 0 Å². The van der Waals surface area contributed by atoms with Gasteiger partial charge in [0.05, 0.1) is 13.0 Å². The van der Waals surface area contributed by atoms with Crippen molar-refractivity contribution < 1.29 is 27.2 Å². The van der Waals surface area contributed by atoms with Crippen molar-refractivity contribution in [3.63, 3.8) is 0 Å². The van der Waals surface area contributed by atoms with Crippen LogP contribution < -0.4 is 0 Å². The van der Waals surface area contributed by atoms with E-state index in [2.05, 4.69) is 10.1 Å². The van der Waals surface area contributed by atoms with Crippen LogP contribution in [0.25, 0.3) is 0 Å². The Hall–Kier alpha value is -1.60. The lowest BCUT2D eigenvalue weighted by Gasteiger charge is -2.09. The minimum Gasteiger partial charge on any atom is -0.465 e. The highest BCUT2D eigenvalue weighted by Crippen LogP contribution is 2.24. The van der Waals surface area contributed by atoms with Crippen LogP contribution in [-0.2, 0) is 16.0 Å². The highest BCUT2D eigenvalue weighted by atomic mass is 19.4. The Balaban J connectivity index is 2.73. The van der Waals surface area contributed by atoms with Crippen LogP contribution >= 0.6 is 0 Å². The van der Waals surface area contributed by atoms with Gasteiger partial charge < -0.3 is 9.26 Å². The molecule has 0 amide bonds.